The number of benzene rings is 1. The molecule has 0 aromatic heterocycles. The lowest BCUT2D eigenvalue weighted by molar-refractivity contribution is -0.124. The second-order valence-corrected chi connectivity index (χ2v) is 6.26. The van der Waals surface area contributed by atoms with Gasteiger partial charge in [-0.1, -0.05) is 0 Å². The normalized spacial score (nSPS) is 31.9. The zero-order valence-electron chi connectivity index (χ0n) is 11.9. The molecular weight excluding hydrogens is 240 g/mol. The van der Waals surface area contributed by atoms with E-state index in [0.717, 1.165) is 24.5 Å². The maximum atomic E-state index is 12.6. The van der Waals surface area contributed by atoms with Crippen LogP contribution >= 0.6 is 0 Å². The van der Waals surface area contributed by atoms with Crippen molar-refractivity contribution in [1.29, 1.82) is 0 Å². The molecule has 0 spiro atoms. The molecule has 2 aliphatic rings. The third-order valence-corrected chi connectivity index (χ3v) is 4.32. The number of ether oxygens (including phenoxy) is 1. The van der Waals surface area contributed by atoms with Gasteiger partial charge in [-0.3, -0.25) is 9.69 Å². The Morgan fingerprint density at radius 3 is 2.32 bits per heavy atom. The second-order valence-electron chi connectivity index (χ2n) is 6.26. The number of carbonyl (C=O) groups excluding carboxylic acids is 1. The minimum Gasteiger partial charge on any atom is -0.497 e. The highest BCUT2D eigenvalue weighted by Gasteiger charge is 2.64. The van der Waals surface area contributed by atoms with Crippen LogP contribution in [0.15, 0.2) is 24.3 Å². The average molecular weight is 260 g/mol. The maximum Gasteiger partial charge on any atom is 0.248 e. The molecule has 102 valence electrons. The highest BCUT2D eigenvalue weighted by atomic mass is 16.5. The van der Waals surface area contributed by atoms with Crippen LogP contribution in [0.5, 0.6) is 5.75 Å². The predicted molar refractivity (Wildman–Crippen MR) is 74.5 cm³/mol. The minimum atomic E-state index is -0.304. The molecular formula is C15H20N2O2. The van der Waals surface area contributed by atoms with Gasteiger partial charge in [-0.25, -0.2) is 0 Å². The molecule has 2 fully saturated rings. The Morgan fingerprint density at radius 1 is 1.11 bits per heavy atom. The molecule has 4 nitrogen and oxygen atoms in total. The summed E-state index contributed by atoms with van der Waals surface area (Å²) in [7, 11) is 1.65. The molecule has 1 unspecified atom stereocenters. The van der Waals surface area contributed by atoms with Gasteiger partial charge < -0.3 is 9.64 Å². The Morgan fingerprint density at radius 2 is 1.74 bits per heavy atom. The van der Waals surface area contributed by atoms with Crippen LogP contribution in [0.2, 0.25) is 0 Å². The van der Waals surface area contributed by atoms with Crippen molar-refractivity contribution in [3.8, 4) is 5.75 Å². The minimum absolute atomic E-state index is 0.0303. The molecule has 2 aliphatic heterocycles. The van der Waals surface area contributed by atoms with Gasteiger partial charge in [0, 0.05) is 24.3 Å². The van der Waals surface area contributed by atoms with E-state index in [-0.39, 0.29) is 17.0 Å². The van der Waals surface area contributed by atoms with Crippen LogP contribution in [-0.4, -0.2) is 42.1 Å². The van der Waals surface area contributed by atoms with Gasteiger partial charge in [-0.05, 0) is 45.0 Å². The third kappa shape index (κ3) is 1.74. The zero-order valence-corrected chi connectivity index (χ0v) is 11.9. The molecule has 2 saturated heterocycles. The van der Waals surface area contributed by atoms with Gasteiger partial charge in [0.15, 0.2) is 0 Å². The molecule has 0 radical (unpaired) electrons. The van der Waals surface area contributed by atoms with Crippen molar-refractivity contribution >= 4 is 11.6 Å². The molecule has 2 heterocycles. The monoisotopic (exact) mass is 260 g/mol. The first-order valence-corrected chi connectivity index (χ1v) is 6.62. The number of rotatable bonds is 2. The van der Waals surface area contributed by atoms with Crippen LogP contribution in [-0.2, 0) is 4.79 Å². The highest BCUT2D eigenvalue weighted by Crippen LogP contribution is 2.46. The summed E-state index contributed by atoms with van der Waals surface area (Å²) >= 11 is 0. The van der Waals surface area contributed by atoms with Crippen LogP contribution in [0.1, 0.15) is 20.8 Å². The van der Waals surface area contributed by atoms with Gasteiger partial charge in [-0.2, -0.15) is 0 Å². The summed E-state index contributed by atoms with van der Waals surface area (Å²) in [6.45, 7) is 8.02. The Bertz CT molecular complexity index is 523. The van der Waals surface area contributed by atoms with Crippen LogP contribution in [0.4, 0.5) is 5.69 Å². The lowest BCUT2D eigenvalue weighted by Crippen LogP contribution is -2.58. The predicted octanol–water partition coefficient (Wildman–Crippen LogP) is 1.89. The van der Waals surface area contributed by atoms with Crippen molar-refractivity contribution in [3.05, 3.63) is 24.3 Å². The van der Waals surface area contributed by atoms with E-state index >= 15 is 0 Å². The molecule has 3 rings (SSSR count). The van der Waals surface area contributed by atoms with E-state index in [1.165, 1.54) is 0 Å². The number of amides is 1. The largest absolute Gasteiger partial charge is 0.497 e. The summed E-state index contributed by atoms with van der Waals surface area (Å²) in [6.07, 6.45) is 0. The topological polar surface area (TPSA) is 32.5 Å². The summed E-state index contributed by atoms with van der Waals surface area (Å²) in [5.41, 5.74) is 0.677. The number of hydrogen-bond acceptors (Lipinski definition) is 3. The fourth-order valence-corrected chi connectivity index (χ4v) is 3.14. The van der Waals surface area contributed by atoms with Crippen LogP contribution in [0.25, 0.3) is 0 Å². The molecule has 1 aromatic carbocycles. The van der Waals surface area contributed by atoms with Crippen molar-refractivity contribution in [2.24, 2.45) is 0 Å². The zero-order chi connectivity index (χ0) is 13.8. The molecule has 1 amide bonds. The first kappa shape index (κ1) is 12.5. The number of fused-ring (bicyclic) bond motifs is 1. The van der Waals surface area contributed by atoms with Crippen LogP contribution in [0.3, 0.4) is 0 Å². The van der Waals surface area contributed by atoms with Gasteiger partial charge in [0.25, 0.3) is 0 Å². The Labute approximate surface area is 113 Å². The summed E-state index contributed by atoms with van der Waals surface area (Å²) in [5.74, 6) is 1.02. The van der Waals surface area contributed by atoms with E-state index in [2.05, 4.69) is 18.7 Å². The van der Waals surface area contributed by atoms with E-state index in [9.17, 15) is 4.79 Å². The molecule has 0 N–H and O–H groups in total. The number of anilines is 1. The molecule has 19 heavy (non-hydrogen) atoms. The van der Waals surface area contributed by atoms with Crippen LogP contribution in [0, 0.1) is 0 Å². The van der Waals surface area contributed by atoms with Crippen molar-refractivity contribution in [2.45, 2.75) is 31.8 Å². The molecule has 1 aromatic rings. The Hall–Kier alpha value is -1.55. The molecule has 0 bridgehead atoms. The van der Waals surface area contributed by atoms with Crippen molar-refractivity contribution in [1.82, 2.24) is 4.90 Å². The smallest absolute Gasteiger partial charge is 0.248 e. The second kappa shape index (κ2) is 3.73. The summed E-state index contributed by atoms with van der Waals surface area (Å²) < 4.78 is 5.16. The van der Waals surface area contributed by atoms with Gasteiger partial charge in [0.2, 0.25) is 5.91 Å². The average Bonchev–Trinajstić information content (AvgIpc) is 3.10. The van der Waals surface area contributed by atoms with Gasteiger partial charge >= 0.3 is 0 Å². The molecule has 0 saturated carbocycles. The third-order valence-electron chi connectivity index (χ3n) is 4.32. The first-order valence-electron chi connectivity index (χ1n) is 6.62. The quantitative estimate of drug-likeness (QED) is 0.761. The fourth-order valence-electron chi connectivity index (χ4n) is 3.14. The maximum absolute atomic E-state index is 12.6. The van der Waals surface area contributed by atoms with E-state index in [4.69, 9.17) is 4.74 Å². The number of methoxy groups -OCH3 is 1. The van der Waals surface area contributed by atoms with E-state index in [1.54, 1.807) is 7.11 Å². The molecule has 4 heteroatoms. The lowest BCUT2D eigenvalue weighted by Gasteiger charge is -2.41. The highest BCUT2D eigenvalue weighted by molar-refractivity contribution is 6.03. The van der Waals surface area contributed by atoms with Crippen molar-refractivity contribution in [2.75, 3.05) is 25.1 Å². The molecule has 2 atom stereocenters. The van der Waals surface area contributed by atoms with Gasteiger partial charge in [0.05, 0.1) is 7.11 Å². The van der Waals surface area contributed by atoms with E-state index < -0.39 is 0 Å². The standard InChI is InChI=1S/C15H20N2O2/c1-14(2)9-16(13(18)15(3)10-17(14)15)11-5-7-12(19-4)8-6-11/h5-8H,9-10H2,1-4H3/t15-,17?/m0/s1. The van der Waals surface area contributed by atoms with Crippen molar-refractivity contribution in [3.63, 3.8) is 0 Å². The fraction of sp³-hybridized carbons (Fsp3) is 0.533. The summed E-state index contributed by atoms with van der Waals surface area (Å²) in [4.78, 5) is 16.8. The number of hydrogen-bond donors (Lipinski definition) is 0. The van der Waals surface area contributed by atoms with Gasteiger partial charge in [-0.15, -0.1) is 0 Å². The number of piperazine rings is 1. The van der Waals surface area contributed by atoms with E-state index in [1.807, 2.05) is 36.1 Å². The van der Waals surface area contributed by atoms with Crippen LogP contribution < -0.4 is 9.64 Å². The SMILES string of the molecule is COc1ccc(N2CC(C)(C)N3C[C@@]3(C)C2=O)cc1. The Kier molecular flexibility index (Phi) is 2.45. The van der Waals surface area contributed by atoms with Gasteiger partial charge in [0.1, 0.15) is 11.3 Å². The number of carbonyl (C=O) groups is 1. The van der Waals surface area contributed by atoms with E-state index in [0.29, 0.717) is 0 Å². The number of nitrogens with zero attached hydrogens (tertiary/aromatic N) is 2. The first-order chi connectivity index (χ1) is 8.88. The Balaban J connectivity index is 1.93. The van der Waals surface area contributed by atoms with Crippen molar-refractivity contribution < 1.29 is 9.53 Å². The summed E-state index contributed by atoms with van der Waals surface area (Å²) in [5, 5.41) is 0. The summed E-state index contributed by atoms with van der Waals surface area (Å²) in [6, 6.07) is 7.71. The lowest BCUT2D eigenvalue weighted by atomic mass is 9.97. The molecule has 0 aliphatic carbocycles.